The Morgan fingerprint density at radius 1 is 1.42 bits per heavy atom. The van der Waals surface area contributed by atoms with Crippen LogP contribution in [0.4, 0.5) is 8.78 Å². The van der Waals surface area contributed by atoms with Crippen LogP contribution in [0.25, 0.3) is 0 Å². The van der Waals surface area contributed by atoms with Crippen LogP contribution in [-0.4, -0.2) is 12.1 Å². The van der Waals surface area contributed by atoms with E-state index in [1.807, 2.05) is 6.92 Å². The quantitative estimate of drug-likeness (QED) is 0.354. The van der Waals surface area contributed by atoms with E-state index in [0.717, 1.165) is 19.3 Å². The predicted molar refractivity (Wildman–Crippen MR) is 81.0 cm³/mol. The highest BCUT2D eigenvalue weighted by atomic mass is 35.5. The summed E-state index contributed by atoms with van der Waals surface area (Å²) in [6.45, 7) is 8.78. The van der Waals surface area contributed by atoms with E-state index >= 15 is 0 Å². The highest BCUT2D eigenvalue weighted by Gasteiger charge is 2.17. The molecule has 0 saturated carbocycles. The maximum Gasteiger partial charge on any atom is 0.108 e. The van der Waals surface area contributed by atoms with E-state index in [9.17, 15) is 8.78 Å². The Bertz CT molecular complexity index is 326. The van der Waals surface area contributed by atoms with Crippen molar-refractivity contribution in [1.29, 1.82) is 0 Å². The zero-order valence-electron chi connectivity index (χ0n) is 12.2. The Balaban J connectivity index is 4.77. The summed E-state index contributed by atoms with van der Waals surface area (Å²) in [5.74, 6) is -0.0478. The molecule has 2 unspecified atom stereocenters. The van der Waals surface area contributed by atoms with Gasteiger partial charge in [0.2, 0.25) is 0 Å². The van der Waals surface area contributed by atoms with Crippen molar-refractivity contribution in [2.75, 3.05) is 6.67 Å². The van der Waals surface area contributed by atoms with Gasteiger partial charge in [0.05, 0.1) is 0 Å². The number of alkyl halides is 2. The molecule has 0 aliphatic carbocycles. The van der Waals surface area contributed by atoms with E-state index in [4.69, 9.17) is 11.6 Å². The van der Waals surface area contributed by atoms with Crippen molar-refractivity contribution in [1.82, 2.24) is 0 Å². The highest BCUT2D eigenvalue weighted by molar-refractivity contribution is 6.20. The standard InChI is InChI=1S/C16H25ClF2/c1-5-6-8-15(13(3)17)11-12(2)16(14(4)19)9-7-10-18/h7,9,13,15H,2,5-6,8,10-11H2,1,3-4H3/b9-7-,16-14-. The SMILES string of the molecule is C=C(CC(CCCC)C(C)Cl)C(/C=C\CF)=C(/C)F. The largest absolute Gasteiger partial charge is 0.247 e. The molecule has 0 N–H and O–H groups in total. The summed E-state index contributed by atoms with van der Waals surface area (Å²) in [5.41, 5.74) is 1.09. The minimum absolute atomic E-state index is 0.0228. The molecule has 3 heteroatoms. The van der Waals surface area contributed by atoms with Gasteiger partial charge in [0.1, 0.15) is 12.5 Å². The van der Waals surface area contributed by atoms with E-state index < -0.39 is 6.67 Å². The lowest BCUT2D eigenvalue weighted by molar-refractivity contribution is 0.455. The van der Waals surface area contributed by atoms with Gasteiger partial charge in [-0.1, -0.05) is 38.5 Å². The first kappa shape index (κ1) is 18.4. The molecule has 0 aliphatic rings. The maximum absolute atomic E-state index is 13.5. The van der Waals surface area contributed by atoms with E-state index in [2.05, 4.69) is 13.5 Å². The van der Waals surface area contributed by atoms with Crippen LogP contribution in [0.2, 0.25) is 0 Å². The molecule has 2 atom stereocenters. The molecule has 0 aromatic heterocycles. The van der Waals surface area contributed by atoms with Crippen LogP contribution in [0.5, 0.6) is 0 Å². The molecular formula is C16H25ClF2. The molecular weight excluding hydrogens is 266 g/mol. The second kappa shape index (κ2) is 10.2. The van der Waals surface area contributed by atoms with Gasteiger partial charge in [-0.15, -0.1) is 11.6 Å². The third-order valence-electron chi connectivity index (χ3n) is 3.21. The van der Waals surface area contributed by atoms with Crippen LogP contribution in [-0.2, 0) is 0 Å². The van der Waals surface area contributed by atoms with E-state index in [0.29, 0.717) is 17.6 Å². The molecule has 0 nitrogen and oxygen atoms in total. The third kappa shape index (κ3) is 7.51. The zero-order valence-corrected chi connectivity index (χ0v) is 12.9. The van der Waals surface area contributed by atoms with Crippen LogP contribution in [0.3, 0.4) is 0 Å². The van der Waals surface area contributed by atoms with Crippen LogP contribution in [0.1, 0.15) is 46.5 Å². The molecule has 0 aromatic carbocycles. The Labute approximate surface area is 121 Å². The Kier molecular flexibility index (Phi) is 9.85. The first-order valence-electron chi connectivity index (χ1n) is 6.85. The molecule has 0 rings (SSSR count). The molecule has 0 bridgehead atoms. The van der Waals surface area contributed by atoms with Crippen LogP contribution in [0.15, 0.2) is 35.7 Å². The lowest BCUT2D eigenvalue weighted by Gasteiger charge is -2.21. The van der Waals surface area contributed by atoms with E-state index in [1.165, 1.54) is 19.1 Å². The van der Waals surface area contributed by atoms with Crippen molar-refractivity contribution in [3.63, 3.8) is 0 Å². The monoisotopic (exact) mass is 290 g/mol. The first-order chi connectivity index (χ1) is 8.93. The second-order valence-electron chi connectivity index (χ2n) is 4.89. The second-order valence-corrected chi connectivity index (χ2v) is 5.58. The third-order valence-corrected chi connectivity index (χ3v) is 3.57. The van der Waals surface area contributed by atoms with Crippen molar-refractivity contribution in [2.45, 2.75) is 51.8 Å². The number of hydrogen-bond acceptors (Lipinski definition) is 0. The van der Waals surface area contributed by atoms with Crippen LogP contribution >= 0.6 is 11.6 Å². The summed E-state index contributed by atoms with van der Waals surface area (Å²) >= 11 is 6.18. The lowest BCUT2D eigenvalue weighted by Crippen LogP contribution is -2.13. The van der Waals surface area contributed by atoms with Gasteiger partial charge >= 0.3 is 0 Å². The summed E-state index contributed by atoms with van der Waals surface area (Å²) in [5, 5.41) is 0.0228. The molecule has 19 heavy (non-hydrogen) atoms. The Hall–Kier alpha value is -0.630. The van der Waals surface area contributed by atoms with Crippen molar-refractivity contribution in [3.8, 4) is 0 Å². The van der Waals surface area contributed by atoms with Gasteiger partial charge in [-0.05, 0) is 38.2 Å². The smallest absolute Gasteiger partial charge is 0.108 e. The molecule has 0 amide bonds. The molecule has 0 fully saturated rings. The minimum atomic E-state index is -0.602. The average Bonchev–Trinajstić information content (AvgIpc) is 2.34. The van der Waals surface area contributed by atoms with Gasteiger partial charge in [0.25, 0.3) is 0 Å². The first-order valence-corrected chi connectivity index (χ1v) is 7.28. The average molecular weight is 291 g/mol. The Morgan fingerprint density at radius 3 is 2.47 bits per heavy atom. The molecule has 0 radical (unpaired) electrons. The maximum atomic E-state index is 13.5. The van der Waals surface area contributed by atoms with Gasteiger partial charge in [-0.3, -0.25) is 0 Å². The van der Waals surface area contributed by atoms with Crippen molar-refractivity contribution < 1.29 is 8.78 Å². The fourth-order valence-electron chi connectivity index (χ4n) is 2.03. The van der Waals surface area contributed by atoms with Crippen molar-refractivity contribution in [2.24, 2.45) is 5.92 Å². The highest BCUT2D eigenvalue weighted by Crippen LogP contribution is 2.29. The number of allylic oxidation sites excluding steroid dienone is 5. The fraction of sp³-hybridized carbons (Fsp3) is 0.625. The molecule has 0 heterocycles. The van der Waals surface area contributed by atoms with E-state index in [-0.39, 0.29) is 17.1 Å². The normalized spacial score (nSPS) is 16.3. The summed E-state index contributed by atoms with van der Waals surface area (Å²) < 4.78 is 25.6. The van der Waals surface area contributed by atoms with E-state index in [1.54, 1.807) is 0 Å². The summed E-state index contributed by atoms with van der Waals surface area (Å²) in [4.78, 5) is 0. The molecule has 0 aromatic rings. The minimum Gasteiger partial charge on any atom is -0.247 e. The molecule has 0 saturated heterocycles. The van der Waals surface area contributed by atoms with Crippen LogP contribution < -0.4 is 0 Å². The number of rotatable bonds is 9. The van der Waals surface area contributed by atoms with Gasteiger partial charge in [0, 0.05) is 11.0 Å². The molecule has 0 spiro atoms. The molecule has 110 valence electrons. The number of halogens is 3. The van der Waals surface area contributed by atoms with Gasteiger partial charge in [0.15, 0.2) is 0 Å². The Morgan fingerprint density at radius 2 is 2.05 bits per heavy atom. The van der Waals surface area contributed by atoms with Crippen molar-refractivity contribution >= 4 is 11.6 Å². The topological polar surface area (TPSA) is 0 Å². The summed E-state index contributed by atoms with van der Waals surface area (Å²) in [6.07, 6.45) is 6.63. The van der Waals surface area contributed by atoms with Gasteiger partial charge < -0.3 is 0 Å². The van der Waals surface area contributed by atoms with Gasteiger partial charge in [-0.2, -0.15) is 0 Å². The summed E-state index contributed by atoms with van der Waals surface area (Å²) in [7, 11) is 0. The number of unbranched alkanes of at least 4 members (excludes halogenated alkanes) is 1. The lowest BCUT2D eigenvalue weighted by atomic mass is 9.89. The number of hydrogen-bond donors (Lipinski definition) is 0. The zero-order chi connectivity index (χ0) is 14.8. The summed E-state index contributed by atoms with van der Waals surface area (Å²) in [6, 6.07) is 0. The molecule has 0 aliphatic heterocycles. The van der Waals surface area contributed by atoms with Crippen LogP contribution in [0, 0.1) is 5.92 Å². The fourth-order valence-corrected chi connectivity index (χ4v) is 2.24. The van der Waals surface area contributed by atoms with Gasteiger partial charge in [-0.25, -0.2) is 8.78 Å². The van der Waals surface area contributed by atoms with Crippen molar-refractivity contribution in [3.05, 3.63) is 35.7 Å². The predicted octanol–water partition coefficient (Wildman–Crippen LogP) is 6.14.